The molecule has 0 aromatic heterocycles. The minimum absolute atomic E-state index is 0.0618. The van der Waals surface area contributed by atoms with E-state index in [1.165, 1.54) is 13.2 Å². The highest BCUT2D eigenvalue weighted by Gasteiger charge is 2.20. The summed E-state index contributed by atoms with van der Waals surface area (Å²) in [7, 11) is 1.48. The zero-order chi connectivity index (χ0) is 16.5. The molecule has 0 bridgehead atoms. The smallest absolute Gasteiger partial charge is 0.387 e. The van der Waals surface area contributed by atoms with Crippen molar-refractivity contribution in [2.45, 2.75) is 38.5 Å². The molecule has 2 atom stereocenters. The lowest BCUT2D eigenvalue weighted by Gasteiger charge is -2.21. The van der Waals surface area contributed by atoms with E-state index in [0.29, 0.717) is 12.0 Å². The number of para-hydroxylation sites is 1. The highest BCUT2D eigenvalue weighted by atomic mass is 19.3. The lowest BCUT2D eigenvalue weighted by molar-refractivity contribution is -0.124. The maximum absolute atomic E-state index is 12.5. The lowest BCUT2D eigenvalue weighted by Crippen LogP contribution is -2.34. The van der Waals surface area contributed by atoms with E-state index < -0.39 is 12.7 Å². The normalized spacial score (nSPS) is 13.7. The van der Waals surface area contributed by atoms with Crippen LogP contribution in [-0.4, -0.2) is 32.3 Å². The Kier molecular flexibility index (Phi) is 7.76. The molecule has 5 nitrogen and oxygen atoms in total. The van der Waals surface area contributed by atoms with Crippen LogP contribution in [0.3, 0.4) is 0 Å². The molecule has 0 saturated carbocycles. The number of hydrogen-bond donors (Lipinski definition) is 2. The molecule has 0 heterocycles. The number of nitrogens with one attached hydrogen (secondary N) is 1. The van der Waals surface area contributed by atoms with Gasteiger partial charge in [0.25, 0.3) is 0 Å². The third-order valence-electron chi connectivity index (χ3n) is 3.26. The van der Waals surface area contributed by atoms with Crippen molar-refractivity contribution in [1.82, 2.24) is 5.32 Å². The van der Waals surface area contributed by atoms with Crippen LogP contribution in [0.2, 0.25) is 0 Å². The van der Waals surface area contributed by atoms with Gasteiger partial charge in [-0.05, 0) is 12.5 Å². The quantitative estimate of drug-likeness (QED) is 0.732. The molecule has 124 valence electrons. The number of nitrogens with two attached hydrogens (primary N) is 1. The van der Waals surface area contributed by atoms with E-state index in [2.05, 4.69) is 10.1 Å². The van der Waals surface area contributed by atoms with Gasteiger partial charge < -0.3 is 20.5 Å². The Balaban J connectivity index is 2.81. The highest BCUT2D eigenvalue weighted by molar-refractivity contribution is 5.77. The largest absolute Gasteiger partial charge is 0.434 e. The number of carbonyl (C=O) groups is 1. The molecular weight excluding hydrogens is 294 g/mol. The van der Waals surface area contributed by atoms with Gasteiger partial charge in [0.1, 0.15) is 5.75 Å². The molecule has 22 heavy (non-hydrogen) atoms. The van der Waals surface area contributed by atoms with E-state index in [4.69, 9.17) is 10.5 Å². The molecule has 1 aromatic carbocycles. The van der Waals surface area contributed by atoms with Crippen molar-refractivity contribution < 1.29 is 23.0 Å². The van der Waals surface area contributed by atoms with Crippen molar-refractivity contribution in [1.29, 1.82) is 0 Å². The Morgan fingerprint density at radius 1 is 1.36 bits per heavy atom. The number of carbonyl (C=O) groups excluding carboxylic acids is 1. The maximum Gasteiger partial charge on any atom is 0.387 e. The predicted octanol–water partition coefficient (Wildman–Crippen LogP) is 2.22. The van der Waals surface area contributed by atoms with Crippen molar-refractivity contribution >= 4 is 5.91 Å². The van der Waals surface area contributed by atoms with Crippen LogP contribution in [0, 0.1) is 0 Å². The van der Waals surface area contributed by atoms with Gasteiger partial charge in [-0.1, -0.05) is 25.1 Å². The second-order valence-corrected chi connectivity index (χ2v) is 4.74. The molecule has 0 fully saturated rings. The fourth-order valence-corrected chi connectivity index (χ4v) is 2.09. The Bertz CT molecular complexity index is 468. The molecule has 0 radical (unpaired) electrons. The molecule has 0 aliphatic carbocycles. The van der Waals surface area contributed by atoms with Crippen molar-refractivity contribution in [3.63, 3.8) is 0 Å². The van der Waals surface area contributed by atoms with Gasteiger partial charge in [0.05, 0.1) is 18.6 Å². The molecule has 2 unspecified atom stereocenters. The van der Waals surface area contributed by atoms with Gasteiger partial charge in [-0.2, -0.15) is 8.78 Å². The van der Waals surface area contributed by atoms with Gasteiger partial charge in [-0.15, -0.1) is 0 Å². The van der Waals surface area contributed by atoms with Crippen LogP contribution in [0.25, 0.3) is 0 Å². The molecule has 0 spiro atoms. The van der Waals surface area contributed by atoms with Gasteiger partial charge in [0.15, 0.2) is 0 Å². The SMILES string of the molecule is CCC(NC(=O)CC(CN)OC)c1ccccc1OC(F)F. The summed E-state index contributed by atoms with van der Waals surface area (Å²) in [6.45, 7) is -0.837. The average molecular weight is 316 g/mol. The third kappa shape index (κ3) is 5.57. The number of rotatable bonds is 9. The van der Waals surface area contributed by atoms with Gasteiger partial charge in [-0.3, -0.25) is 4.79 Å². The first-order valence-corrected chi connectivity index (χ1v) is 7.07. The van der Waals surface area contributed by atoms with Gasteiger partial charge in [0, 0.05) is 19.2 Å². The Morgan fingerprint density at radius 3 is 2.59 bits per heavy atom. The van der Waals surface area contributed by atoms with E-state index in [9.17, 15) is 13.6 Å². The summed E-state index contributed by atoms with van der Waals surface area (Å²) in [6, 6.07) is 6.00. The fourth-order valence-electron chi connectivity index (χ4n) is 2.09. The van der Waals surface area contributed by atoms with E-state index >= 15 is 0 Å². The molecule has 1 amide bonds. The monoisotopic (exact) mass is 316 g/mol. The molecule has 7 heteroatoms. The number of hydrogen-bond acceptors (Lipinski definition) is 4. The van der Waals surface area contributed by atoms with E-state index in [1.807, 2.05) is 6.92 Å². The molecule has 3 N–H and O–H groups in total. The average Bonchev–Trinajstić information content (AvgIpc) is 2.50. The standard InChI is InChI=1S/C15H22F2N2O3/c1-3-12(19-14(20)8-10(9-18)21-2)11-6-4-5-7-13(11)22-15(16)17/h4-7,10,12,15H,3,8-9,18H2,1-2H3,(H,19,20). The molecule has 1 rings (SSSR count). The first kappa shape index (κ1) is 18.3. The van der Waals surface area contributed by atoms with Crippen LogP contribution in [-0.2, 0) is 9.53 Å². The van der Waals surface area contributed by atoms with Crippen LogP contribution in [0.5, 0.6) is 5.75 Å². The molecule has 1 aromatic rings. The van der Waals surface area contributed by atoms with Crippen LogP contribution in [0.4, 0.5) is 8.78 Å². The van der Waals surface area contributed by atoms with Gasteiger partial charge >= 0.3 is 6.61 Å². The zero-order valence-corrected chi connectivity index (χ0v) is 12.7. The molecular formula is C15H22F2N2O3. The number of alkyl halides is 2. The topological polar surface area (TPSA) is 73.6 Å². The summed E-state index contributed by atoms with van der Waals surface area (Å²) in [6.07, 6.45) is 0.279. The van der Waals surface area contributed by atoms with E-state index in [-0.39, 0.29) is 30.7 Å². The maximum atomic E-state index is 12.5. The summed E-state index contributed by atoms with van der Waals surface area (Å²) in [4.78, 5) is 12.0. The molecule has 0 aliphatic rings. The first-order chi connectivity index (χ1) is 10.5. The van der Waals surface area contributed by atoms with Crippen LogP contribution < -0.4 is 15.8 Å². The van der Waals surface area contributed by atoms with Crippen LogP contribution in [0.15, 0.2) is 24.3 Å². The predicted molar refractivity (Wildman–Crippen MR) is 78.7 cm³/mol. The third-order valence-corrected chi connectivity index (χ3v) is 3.26. The van der Waals surface area contributed by atoms with Crippen molar-refractivity contribution in [2.24, 2.45) is 5.73 Å². The second kappa shape index (κ2) is 9.32. The summed E-state index contributed by atoms with van der Waals surface area (Å²) >= 11 is 0. The molecule has 0 saturated heterocycles. The van der Waals surface area contributed by atoms with Crippen LogP contribution in [0.1, 0.15) is 31.4 Å². The Hall–Kier alpha value is -1.73. The number of methoxy groups -OCH3 is 1. The van der Waals surface area contributed by atoms with Crippen molar-refractivity contribution in [3.05, 3.63) is 29.8 Å². The summed E-state index contributed by atoms with van der Waals surface area (Å²) in [5.41, 5.74) is 5.99. The van der Waals surface area contributed by atoms with Crippen molar-refractivity contribution in [3.8, 4) is 5.75 Å². The highest BCUT2D eigenvalue weighted by Crippen LogP contribution is 2.28. The first-order valence-electron chi connectivity index (χ1n) is 7.07. The van der Waals surface area contributed by atoms with Crippen molar-refractivity contribution in [2.75, 3.05) is 13.7 Å². The Labute approximate surface area is 128 Å². The lowest BCUT2D eigenvalue weighted by atomic mass is 10.0. The zero-order valence-electron chi connectivity index (χ0n) is 12.7. The number of halogens is 2. The molecule has 0 aliphatic heterocycles. The summed E-state index contributed by atoms with van der Waals surface area (Å²) < 4.78 is 34.5. The fraction of sp³-hybridized carbons (Fsp3) is 0.533. The Morgan fingerprint density at radius 2 is 2.05 bits per heavy atom. The number of ether oxygens (including phenoxy) is 2. The minimum Gasteiger partial charge on any atom is -0.434 e. The number of amides is 1. The van der Waals surface area contributed by atoms with E-state index in [0.717, 1.165) is 0 Å². The summed E-state index contributed by atoms with van der Waals surface area (Å²) in [5.74, 6) is -0.192. The van der Waals surface area contributed by atoms with E-state index in [1.54, 1.807) is 18.2 Å². The second-order valence-electron chi connectivity index (χ2n) is 4.74. The van der Waals surface area contributed by atoms with Gasteiger partial charge in [-0.25, -0.2) is 0 Å². The van der Waals surface area contributed by atoms with Crippen LogP contribution >= 0.6 is 0 Å². The minimum atomic E-state index is -2.91. The summed E-state index contributed by atoms with van der Waals surface area (Å²) in [5, 5.41) is 2.80. The number of benzene rings is 1. The van der Waals surface area contributed by atoms with Gasteiger partial charge in [0.2, 0.25) is 5.91 Å².